The van der Waals surface area contributed by atoms with Gasteiger partial charge in [-0.05, 0) is 19.4 Å². The van der Waals surface area contributed by atoms with Crippen LogP contribution in [0.2, 0.25) is 0 Å². The van der Waals surface area contributed by atoms with Crippen LogP contribution in [0.4, 0.5) is 5.69 Å². The fraction of sp³-hybridized carbons (Fsp3) is 0.278. The highest BCUT2D eigenvalue weighted by Gasteiger charge is 2.13. The Morgan fingerprint density at radius 1 is 1.22 bits per heavy atom. The first-order chi connectivity index (χ1) is 12.9. The van der Waals surface area contributed by atoms with E-state index in [0.717, 1.165) is 10.4 Å². The van der Waals surface area contributed by atoms with Gasteiger partial charge in [0, 0.05) is 28.8 Å². The van der Waals surface area contributed by atoms with Gasteiger partial charge in [0.1, 0.15) is 16.3 Å². The molecule has 7 nitrogen and oxygen atoms in total. The van der Waals surface area contributed by atoms with E-state index in [1.165, 1.54) is 23.1 Å². The van der Waals surface area contributed by atoms with E-state index in [0.29, 0.717) is 32.6 Å². The van der Waals surface area contributed by atoms with Gasteiger partial charge in [-0.2, -0.15) is 0 Å². The van der Waals surface area contributed by atoms with Crippen molar-refractivity contribution in [2.45, 2.75) is 19.0 Å². The van der Waals surface area contributed by atoms with Gasteiger partial charge in [0.25, 0.3) is 5.56 Å². The highest BCUT2D eigenvalue weighted by molar-refractivity contribution is 7.99. The lowest BCUT2D eigenvalue weighted by Crippen LogP contribution is -2.15. The number of aryl methyl sites for hydroxylation is 2. The first-order valence-corrected chi connectivity index (χ1v) is 9.87. The zero-order chi connectivity index (χ0) is 19.6. The third kappa shape index (κ3) is 4.25. The van der Waals surface area contributed by atoms with Crippen molar-refractivity contribution in [2.75, 3.05) is 25.3 Å². The topological polar surface area (TPSA) is 93.3 Å². The number of anilines is 1. The lowest BCUT2D eigenvalue weighted by Gasteiger charge is -2.09. The number of rotatable bonds is 6. The predicted molar refractivity (Wildman–Crippen MR) is 109 cm³/mol. The number of thioether (sulfide) groups is 1. The second-order valence-corrected chi connectivity index (χ2v) is 7.94. The molecule has 2 heterocycles. The molecule has 0 fully saturated rings. The Morgan fingerprint density at radius 3 is 2.52 bits per heavy atom. The molecule has 0 spiro atoms. The van der Waals surface area contributed by atoms with Crippen LogP contribution in [-0.2, 0) is 4.79 Å². The molecule has 0 atom stereocenters. The molecular formula is C18H19N3O4S2. The van der Waals surface area contributed by atoms with Crippen LogP contribution in [0, 0.1) is 13.8 Å². The molecule has 0 bridgehead atoms. The molecule has 0 radical (unpaired) electrons. The Balaban J connectivity index is 1.71. The van der Waals surface area contributed by atoms with E-state index in [9.17, 15) is 9.59 Å². The van der Waals surface area contributed by atoms with E-state index in [-0.39, 0.29) is 17.2 Å². The van der Waals surface area contributed by atoms with E-state index < -0.39 is 0 Å². The van der Waals surface area contributed by atoms with Gasteiger partial charge in [0.2, 0.25) is 5.91 Å². The molecule has 3 aromatic rings. The number of fused-ring (bicyclic) bond motifs is 1. The molecule has 0 aliphatic carbocycles. The molecule has 27 heavy (non-hydrogen) atoms. The summed E-state index contributed by atoms with van der Waals surface area (Å²) in [7, 11) is 3.09. The quantitative estimate of drug-likeness (QED) is 0.483. The monoisotopic (exact) mass is 405 g/mol. The highest BCUT2D eigenvalue weighted by Crippen LogP contribution is 2.28. The maximum Gasteiger partial charge on any atom is 0.260 e. The van der Waals surface area contributed by atoms with E-state index >= 15 is 0 Å². The van der Waals surface area contributed by atoms with E-state index in [2.05, 4.69) is 15.3 Å². The van der Waals surface area contributed by atoms with Gasteiger partial charge < -0.3 is 19.8 Å². The van der Waals surface area contributed by atoms with Crippen molar-refractivity contribution < 1.29 is 14.3 Å². The molecule has 142 valence electrons. The molecule has 0 aliphatic heterocycles. The summed E-state index contributed by atoms with van der Waals surface area (Å²) in [6.07, 6.45) is 0. The number of methoxy groups -OCH3 is 2. The molecule has 1 amide bonds. The number of carbonyl (C=O) groups excluding carboxylic acids is 1. The van der Waals surface area contributed by atoms with E-state index in [4.69, 9.17) is 9.47 Å². The molecule has 0 unspecified atom stereocenters. The smallest absolute Gasteiger partial charge is 0.260 e. The van der Waals surface area contributed by atoms with E-state index in [1.54, 1.807) is 32.4 Å². The third-order valence-corrected chi connectivity index (χ3v) is 5.97. The van der Waals surface area contributed by atoms with Crippen LogP contribution in [0.25, 0.3) is 10.2 Å². The van der Waals surface area contributed by atoms with Crippen molar-refractivity contribution in [1.29, 1.82) is 0 Å². The summed E-state index contributed by atoms with van der Waals surface area (Å²) in [5.74, 6) is 1.04. The number of hydrogen-bond acceptors (Lipinski definition) is 7. The van der Waals surface area contributed by atoms with Gasteiger partial charge >= 0.3 is 0 Å². The summed E-state index contributed by atoms with van der Waals surface area (Å²) in [6.45, 7) is 3.87. The third-order valence-electron chi connectivity index (χ3n) is 3.99. The van der Waals surface area contributed by atoms with Crippen molar-refractivity contribution in [2.24, 2.45) is 0 Å². The predicted octanol–water partition coefficient (Wildman–Crippen LogP) is 3.35. The Morgan fingerprint density at radius 2 is 1.89 bits per heavy atom. The average Bonchev–Trinajstić information content (AvgIpc) is 2.94. The van der Waals surface area contributed by atoms with Gasteiger partial charge in [-0.15, -0.1) is 11.3 Å². The standard InChI is InChI=1S/C18H19N3O4S2/c1-9-10(2)27-17-15(9)16(23)20-18(21-17)26-8-14(22)19-11-5-12(24-3)7-13(6-11)25-4/h5-7H,8H2,1-4H3,(H,19,22)(H,20,21,23). The lowest BCUT2D eigenvalue weighted by molar-refractivity contribution is -0.113. The number of nitrogens with zero attached hydrogens (tertiary/aromatic N) is 1. The SMILES string of the molecule is COc1cc(NC(=O)CSc2nc3sc(C)c(C)c3c(=O)[nH]2)cc(OC)c1. The van der Waals surface area contributed by atoms with Crippen LogP contribution in [-0.4, -0.2) is 35.8 Å². The summed E-state index contributed by atoms with van der Waals surface area (Å²) in [4.78, 5) is 33.5. The minimum atomic E-state index is -0.225. The second kappa shape index (κ2) is 8.01. The van der Waals surface area contributed by atoms with Gasteiger partial charge in [-0.25, -0.2) is 4.98 Å². The molecule has 2 aromatic heterocycles. The Labute approximate surface area is 164 Å². The highest BCUT2D eigenvalue weighted by atomic mass is 32.2. The van der Waals surface area contributed by atoms with Crippen LogP contribution in [0.3, 0.4) is 0 Å². The number of ether oxygens (including phenoxy) is 2. The van der Waals surface area contributed by atoms with Crippen molar-refractivity contribution in [3.63, 3.8) is 0 Å². The maximum absolute atomic E-state index is 12.3. The summed E-state index contributed by atoms with van der Waals surface area (Å²) in [6, 6.07) is 5.13. The van der Waals surface area contributed by atoms with Gasteiger partial charge in [-0.3, -0.25) is 9.59 Å². The number of nitrogens with one attached hydrogen (secondary N) is 2. The van der Waals surface area contributed by atoms with Crippen LogP contribution in [0.15, 0.2) is 28.2 Å². The number of aromatic amines is 1. The fourth-order valence-electron chi connectivity index (χ4n) is 2.51. The number of benzene rings is 1. The first-order valence-electron chi connectivity index (χ1n) is 8.07. The van der Waals surface area contributed by atoms with Gasteiger partial charge in [0.05, 0.1) is 25.4 Å². The minimum Gasteiger partial charge on any atom is -0.497 e. The summed E-state index contributed by atoms with van der Waals surface area (Å²) in [5, 5.41) is 3.83. The average molecular weight is 406 g/mol. The van der Waals surface area contributed by atoms with Crippen molar-refractivity contribution in [3.8, 4) is 11.5 Å². The molecule has 0 aliphatic rings. The molecule has 0 saturated heterocycles. The lowest BCUT2D eigenvalue weighted by atomic mass is 10.2. The largest absolute Gasteiger partial charge is 0.497 e. The number of hydrogen-bond donors (Lipinski definition) is 2. The molecule has 0 saturated carbocycles. The minimum absolute atomic E-state index is 0.108. The Bertz CT molecular complexity index is 1040. The van der Waals surface area contributed by atoms with Crippen LogP contribution in [0.1, 0.15) is 10.4 Å². The van der Waals surface area contributed by atoms with Crippen LogP contribution < -0.4 is 20.3 Å². The van der Waals surface area contributed by atoms with Gasteiger partial charge in [0.15, 0.2) is 5.16 Å². The normalized spacial score (nSPS) is 10.8. The fourth-order valence-corrected chi connectivity index (χ4v) is 4.26. The number of thiophene rings is 1. The van der Waals surface area contributed by atoms with Crippen molar-refractivity contribution >= 4 is 44.9 Å². The number of amides is 1. The van der Waals surface area contributed by atoms with Crippen LogP contribution >= 0.6 is 23.1 Å². The number of H-pyrrole nitrogens is 1. The Hall–Kier alpha value is -2.52. The zero-order valence-electron chi connectivity index (χ0n) is 15.3. The van der Waals surface area contributed by atoms with Crippen molar-refractivity contribution in [1.82, 2.24) is 9.97 Å². The van der Waals surface area contributed by atoms with Crippen molar-refractivity contribution in [3.05, 3.63) is 39.0 Å². The number of carbonyl (C=O) groups is 1. The summed E-state index contributed by atoms with van der Waals surface area (Å²) in [5.41, 5.74) is 1.34. The van der Waals surface area contributed by atoms with Gasteiger partial charge in [-0.1, -0.05) is 11.8 Å². The number of aromatic nitrogens is 2. The molecule has 9 heteroatoms. The maximum atomic E-state index is 12.3. The zero-order valence-corrected chi connectivity index (χ0v) is 17.0. The Kier molecular flexibility index (Phi) is 5.71. The molecule has 1 aromatic carbocycles. The molecule has 2 N–H and O–H groups in total. The summed E-state index contributed by atoms with van der Waals surface area (Å²) < 4.78 is 10.4. The van der Waals surface area contributed by atoms with Crippen LogP contribution in [0.5, 0.6) is 11.5 Å². The van der Waals surface area contributed by atoms with E-state index in [1.807, 2.05) is 13.8 Å². The molecular weight excluding hydrogens is 386 g/mol. The summed E-state index contributed by atoms with van der Waals surface area (Å²) >= 11 is 2.66. The second-order valence-electron chi connectivity index (χ2n) is 5.77. The molecule has 3 rings (SSSR count). The first kappa shape index (κ1) is 19.2.